The molecule has 0 amide bonds. The molecule has 2 aromatic heterocycles. The number of furan rings is 1. The lowest BCUT2D eigenvalue weighted by molar-refractivity contribution is -1.02. The summed E-state index contributed by atoms with van der Waals surface area (Å²) in [5.74, 6) is 1.76. The van der Waals surface area contributed by atoms with Gasteiger partial charge in [0.05, 0.1) is 13.3 Å². The van der Waals surface area contributed by atoms with E-state index in [2.05, 4.69) is 53.8 Å². The normalized spacial score (nSPS) is 21.6. The summed E-state index contributed by atoms with van der Waals surface area (Å²) in [6.07, 6.45) is 1.69. The molecule has 26 heavy (non-hydrogen) atoms. The fraction of sp³-hybridized carbons (Fsp3) is 0.421. The minimum absolute atomic E-state index is 0.133. The van der Waals surface area contributed by atoms with Crippen molar-refractivity contribution in [1.82, 2.24) is 20.2 Å². The van der Waals surface area contributed by atoms with Crippen LogP contribution in [-0.2, 0) is 6.54 Å². The van der Waals surface area contributed by atoms with Gasteiger partial charge in [0.15, 0.2) is 6.04 Å². The van der Waals surface area contributed by atoms with Gasteiger partial charge in [-0.05, 0) is 29.5 Å². The fourth-order valence-corrected chi connectivity index (χ4v) is 3.69. The van der Waals surface area contributed by atoms with E-state index in [4.69, 9.17) is 4.42 Å². The molecular formula is C19H26N6O+2. The smallest absolute Gasteiger partial charge is 0.214 e. The molecule has 1 aliphatic heterocycles. The Morgan fingerprint density at radius 2 is 1.88 bits per heavy atom. The monoisotopic (exact) mass is 354 g/mol. The van der Waals surface area contributed by atoms with Crippen LogP contribution in [0.3, 0.4) is 0 Å². The van der Waals surface area contributed by atoms with E-state index >= 15 is 0 Å². The maximum atomic E-state index is 5.50. The number of nitrogens with zero attached hydrogens (tertiary/aromatic N) is 4. The third-order valence-electron chi connectivity index (χ3n) is 5.27. The summed E-state index contributed by atoms with van der Waals surface area (Å²) >= 11 is 0. The van der Waals surface area contributed by atoms with Gasteiger partial charge in [-0.15, -0.1) is 5.10 Å². The molecule has 0 spiro atoms. The van der Waals surface area contributed by atoms with Crippen molar-refractivity contribution in [3.8, 4) is 0 Å². The second-order valence-electron chi connectivity index (χ2n) is 7.23. The fourth-order valence-electron chi connectivity index (χ4n) is 3.69. The second kappa shape index (κ2) is 7.39. The first-order valence-electron chi connectivity index (χ1n) is 9.21. The number of hydrogen-bond acceptors (Lipinski definition) is 4. The topological polar surface area (TPSA) is 65.6 Å². The summed E-state index contributed by atoms with van der Waals surface area (Å²) in [5, 5.41) is 12.6. The van der Waals surface area contributed by atoms with Gasteiger partial charge in [0, 0.05) is 5.56 Å². The van der Waals surface area contributed by atoms with E-state index in [9.17, 15) is 0 Å². The zero-order valence-corrected chi connectivity index (χ0v) is 15.4. The van der Waals surface area contributed by atoms with Gasteiger partial charge in [0.2, 0.25) is 5.82 Å². The van der Waals surface area contributed by atoms with Crippen molar-refractivity contribution in [2.24, 2.45) is 0 Å². The standard InChI is InChI=1S/C19H24N6O/c1-15-5-7-16(8-6-15)18(24-11-9-23(2)10-12-24)19-20-21-22-25(19)14-17-4-3-13-26-17/h3-8,13,18H,9-12,14H2,1-2H3/p+2/t18-/m0/s1. The third-order valence-corrected chi connectivity index (χ3v) is 5.27. The highest BCUT2D eigenvalue weighted by Gasteiger charge is 2.34. The van der Waals surface area contributed by atoms with Gasteiger partial charge in [-0.3, -0.25) is 0 Å². The minimum Gasteiger partial charge on any atom is -0.467 e. The van der Waals surface area contributed by atoms with Crippen molar-refractivity contribution in [2.75, 3.05) is 33.2 Å². The first-order chi connectivity index (χ1) is 12.7. The molecule has 4 rings (SSSR count). The Balaban J connectivity index is 1.69. The van der Waals surface area contributed by atoms with Gasteiger partial charge in [-0.2, -0.15) is 0 Å². The van der Waals surface area contributed by atoms with Gasteiger partial charge < -0.3 is 14.2 Å². The molecule has 1 atom stereocenters. The number of hydrogen-bond donors (Lipinski definition) is 2. The average Bonchev–Trinajstić information content (AvgIpc) is 3.32. The Morgan fingerprint density at radius 1 is 1.12 bits per heavy atom. The number of benzene rings is 1. The lowest BCUT2D eigenvalue weighted by atomic mass is 10.0. The van der Waals surface area contributed by atoms with Crippen LogP contribution in [0.4, 0.5) is 0 Å². The van der Waals surface area contributed by atoms with Crippen LogP contribution >= 0.6 is 0 Å². The molecule has 0 saturated carbocycles. The van der Waals surface area contributed by atoms with Crippen molar-refractivity contribution in [3.05, 3.63) is 65.4 Å². The Labute approximate surface area is 153 Å². The maximum absolute atomic E-state index is 5.50. The molecular weight excluding hydrogens is 328 g/mol. The molecule has 0 aliphatic carbocycles. The summed E-state index contributed by atoms with van der Waals surface area (Å²) < 4.78 is 7.37. The molecule has 3 heterocycles. The number of likely N-dealkylation sites (N-methyl/N-ethyl adjacent to an activating group) is 1. The first-order valence-corrected chi connectivity index (χ1v) is 9.21. The molecule has 0 unspecified atom stereocenters. The highest BCUT2D eigenvalue weighted by molar-refractivity contribution is 5.26. The molecule has 7 nitrogen and oxygen atoms in total. The highest BCUT2D eigenvalue weighted by atomic mass is 16.3. The van der Waals surface area contributed by atoms with E-state index in [0.717, 1.165) is 37.8 Å². The predicted octanol–water partition coefficient (Wildman–Crippen LogP) is -0.875. The van der Waals surface area contributed by atoms with Crippen molar-refractivity contribution in [3.63, 3.8) is 0 Å². The molecule has 1 aliphatic rings. The van der Waals surface area contributed by atoms with Gasteiger partial charge in [0.1, 0.15) is 38.5 Å². The zero-order valence-electron chi connectivity index (χ0n) is 15.4. The Kier molecular flexibility index (Phi) is 4.81. The summed E-state index contributed by atoms with van der Waals surface area (Å²) in [4.78, 5) is 3.11. The molecule has 0 radical (unpaired) electrons. The van der Waals surface area contributed by atoms with Crippen LogP contribution in [0.2, 0.25) is 0 Å². The van der Waals surface area contributed by atoms with Crippen molar-refractivity contribution >= 4 is 0 Å². The van der Waals surface area contributed by atoms with E-state index in [0.29, 0.717) is 6.54 Å². The highest BCUT2D eigenvalue weighted by Crippen LogP contribution is 2.18. The van der Waals surface area contributed by atoms with Crippen molar-refractivity contribution < 1.29 is 14.2 Å². The Morgan fingerprint density at radius 3 is 2.58 bits per heavy atom. The molecule has 3 aromatic rings. The lowest BCUT2D eigenvalue weighted by Gasteiger charge is -2.32. The zero-order chi connectivity index (χ0) is 17.9. The van der Waals surface area contributed by atoms with Crippen LogP contribution in [0.25, 0.3) is 0 Å². The minimum atomic E-state index is 0.133. The van der Waals surface area contributed by atoms with Gasteiger partial charge in [-0.25, -0.2) is 4.68 Å². The number of aryl methyl sites for hydroxylation is 1. The van der Waals surface area contributed by atoms with E-state index in [1.807, 2.05) is 16.8 Å². The maximum Gasteiger partial charge on any atom is 0.214 e. The summed E-state index contributed by atoms with van der Waals surface area (Å²) in [6.45, 7) is 7.22. The number of rotatable bonds is 5. The van der Waals surface area contributed by atoms with Gasteiger partial charge in [0.25, 0.3) is 0 Å². The summed E-state index contributed by atoms with van der Waals surface area (Å²) in [6, 6.07) is 12.7. The molecule has 136 valence electrons. The first kappa shape index (κ1) is 16.9. The summed E-state index contributed by atoms with van der Waals surface area (Å²) in [5.41, 5.74) is 2.53. The number of nitrogens with one attached hydrogen (secondary N) is 2. The summed E-state index contributed by atoms with van der Waals surface area (Å²) in [7, 11) is 2.26. The van der Waals surface area contributed by atoms with Gasteiger partial charge >= 0.3 is 0 Å². The molecule has 0 bridgehead atoms. The quantitative estimate of drug-likeness (QED) is 0.625. The van der Waals surface area contributed by atoms with E-state index < -0.39 is 0 Å². The van der Waals surface area contributed by atoms with Crippen molar-refractivity contribution in [1.29, 1.82) is 0 Å². The Bertz CT molecular complexity index is 818. The third kappa shape index (κ3) is 3.54. The largest absolute Gasteiger partial charge is 0.467 e. The molecule has 7 heteroatoms. The van der Waals surface area contributed by atoms with E-state index in [-0.39, 0.29) is 6.04 Å². The number of tetrazole rings is 1. The molecule has 1 fully saturated rings. The van der Waals surface area contributed by atoms with E-state index in [1.165, 1.54) is 16.0 Å². The molecule has 2 N–H and O–H groups in total. The van der Waals surface area contributed by atoms with Crippen LogP contribution < -0.4 is 9.80 Å². The Hall–Kier alpha value is -2.51. The average molecular weight is 354 g/mol. The second-order valence-corrected chi connectivity index (χ2v) is 7.23. The van der Waals surface area contributed by atoms with Crippen LogP contribution in [0.15, 0.2) is 47.1 Å². The number of piperazine rings is 1. The van der Waals surface area contributed by atoms with Crippen LogP contribution in [-0.4, -0.2) is 53.4 Å². The van der Waals surface area contributed by atoms with Crippen LogP contribution in [0.1, 0.15) is 28.8 Å². The number of quaternary nitrogens is 2. The van der Waals surface area contributed by atoms with Crippen LogP contribution in [0, 0.1) is 6.92 Å². The SMILES string of the molecule is Cc1ccc([C@@H](c2nnnn2Cc2ccco2)[NH+]2CC[NH+](C)CC2)cc1. The van der Waals surface area contributed by atoms with Crippen LogP contribution in [0.5, 0.6) is 0 Å². The van der Waals surface area contributed by atoms with Gasteiger partial charge in [-0.1, -0.05) is 29.8 Å². The number of aromatic nitrogens is 4. The van der Waals surface area contributed by atoms with E-state index in [1.54, 1.807) is 11.2 Å². The van der Waals surface area contributed by atoms with Crippen molar-refractivity contribution in [2.45, 2.75) is 19.5 Å². The predicted molar refractivity (Wildman–Crippen MR) is 96.0 cm³/mol. The molecule has 1 aromatic carbocycles. The lowest BCUT2D eigenvalue weighted by Crippen LogP contribution is -3.27. The molecule has 1 saturated heterocycles.